The minimum atomic E-state index is -0.0352. The van der Waals surface area contributed by atoms with Crippen molar-refractivity contribution < 1.29 is 0 Å². The quantitative estimate of drug-likeness (QED) is 0.255. The Morgan fingerprint density at radius 3 is 1.61 bits per heavy atom. The zero-order valence-corrected chi connectivity index (χ0v) is 21.0. The van der Waals surface area contributed by atoms with Crippen LogP contribution in [0.2, 0.25) is 0 Å². The van der Waals surface area contributed by atoms with E-state index in [-0.39, 0.29) is 5.41 Å². The molecule has 0 saturated heterocycles. The first-order valence-electron chi connectivity index (χ1n) is 12.5. The van der Waals surface area contributed by atoms with Crippen LogP contribution in [0.1, 0.15) is 25.0 Å². The zero-order chi connectivity index (χ0) is 24.7. The van der Waals surface area contributed by atoms with Crippen LogP contribution < -0.4 is 9.80 Å². The van der Waals surface area contributed by atoms with Crippen LogP contribution in [0.5, 0.6) is 0 Å². The highest BCUT2D eigenvalue weighted by atomic mass is 15.1. The fourth-order valence-corrected chi connectivity index (χ4v) is 5.48. The van der Waals surface area contributed by atoms with Gasteiger partial charge in [0, 0.05) is 40.9 Å². The van der Waals surface area contributed by atoms with Gasteiger partial charge in [-0.15, -0.1) is 0 Å². The zero-order valence-electron chi connectivity index (χ0n) is 21.0. The van der Waals surface area contributed by atoms with Crippen LogP contribution in [0.3, 0.4) is 0 Å². The molecule has 5 aromatic rings. The van der Waals surface area contributed by atoms with Gasteiger partial charge in [-0.3, -0.25) is 0 Å². The second-order valence-electron chi connectivity index (χ2n) is 9.98. The van der Waals surface area contributed by atoms with Crippen LogP contribution in [0, 0.1) is 0 Å². The molecule has 2 nitrogen and oxygen atoms in total. The summed E-state index contributed by atoms with van der Waals surface area (Å²) in [5.74, 6) is 0. The molecule has 1 aliphatic carbocycles. The fraction of sp³-hybridized carbons (Fsp3) is 0.118. The molecule has 0 fully saturated rings. The lowest BCUT2D eigenvalue weighted by Gasteiger charge is -2.28. The van der Waals surface area contributed by atoms with Crippen molar-refractivity contribution in [1.82, 2.24) is 0 Å². The second-order valence-corrected chi connectivity index (χ2v) is 9.98. The van der Waals surface area contributed by atoms with Gasteiger partial charge in [0.15, 0.2) is 0 Å². The van der Waals surface area contributed by atoms with Crippen LogP contribution >= 0.6 is 0 Å². The van der Waals surface area contributed by atoms with Gasteiger partial charge in [0.2, 0.25) is 0 Å². The largest absolute Gasteiger partial charge is 0.345 e. The Hall–Kier alpha value is -4.30. The van der Waals surface area contributed by atoms with E-state index < -0.39 is 0 Å². The van der Waals surface area contributed by atoms with Crippen molar-refractivity contribution >= 4 is 28.4 Å². The minimum Gasteiger partial charge on any atom is -0.345 e. The van der Waals surface area contributed by atoms with Gasteiger partial charge in [0.1, 0.15) is 0 Å². The number of para-hydroxylation sites is 2. The molecule has 36 heavy (non-hydrogen) atoms. The molecule has 0 atom stereocenters. The van der Waals surface area contributed by atoms with Gasteiger partial charge in [-0.2, -0.15) is 0 Å². The molecule has 0 aliphatic heterocycles. The summed E-state index contributed by atoms with van der Waals surface area (Å²) in [7, 11) is 2.11. The van der Waals surface area contributed by atoms with Crippen molar-refractivity contribution in [3.05, 3.63) is 139 Å². The van der Waals surface area contributed by atoms with Crippen LogP contribution in [-0.2, 0) is 5.41 Å². The Balaban J connectivity index is 1.43. The molecule has 0 bridgehead atoms. The third-order valence-corrected chi connectivity index (χ3v) is 7.48. The van der Waals surface area contributed by atoms with Gasteiger partial charge in [-0.1, -0.05) is 80.6 Å². The molecule has 0 saturated carbocycles. The van der Waals surface area contributed by atoms with Gasteiger partial charge in [-0.05, 0) is 82.9 Å². The van der Waals surface area contributed by atoms with Crippen molar-refractivity contribution in [3.63, 3.8) is 0 Å². The SMILES string of the molecule is CN(c1ccccc1)c1ccc(N(c2ccccc2)c2ccc3c(c2)C(C)(C)c2ccccc2-3)cc1. The summed E-state index contributed by atoms with van der Waals surface area (Å²) < 4.78 is 0. The molecule has 0 N–H and O–H groups in total. The molecule has 0 heterocycles. The third kappa shape index (κ3) is 3.67. The number of nitrogens with zero attached hydrogens (tertiary/aromatic N) is 2. The molecule has 0 radical (unpaired) electrons. The molecular weight excluding hydrogens is 436 g/mol. The Labute approximate surface area is 214 Å². The van der Waals surface area contributed by atoms with E-state index in [4.69, 9.17) is 0 Å². The average Bonchev–Trinajstić information content (AvgIpc) is 3.16. The van der Waals surface area contributed by atoms with Crippen molar-refractivity contribution in [1.29, 1.82) is 0 Å². The Morgan fingerprint density at radius 2 is 0.917 bits per heavy atom. The van der Waals surface area contributed by atoms with Gasteiger partial charge in [-0.25, -0.2) is 0 Å². The average molecular weight is 467 g/mol. The van der Waals surface area contributed by atoms with Crippen molar-refractivity contribution in [2.24, 2.45) is 0 Å². The van der Waals surface area contributed by atoms with Crippen LogP contribution in [0.15, 0.2) is 127 Å². The summed E-state index contributed by atoms with van der Waals surface area (Å²) in [5.41, 5.74) is 11.2. The molecule has 5 aromatic carbocycles. The highest BCUT2D eigenvalue weighted by Gasteiger charge is 2.35. The third-order valence-electron chi connectivity index (χ3n) is 7.48. The second kappa shape index (κ2) is 8.73. The molecule has 2 heteroatoms. The topological polar surface area (TPSA) is 6.48 Å². The van der Waals surface area contributed by atoms with Crippen LogP contribution in [0.25, 0.3) is 11.1 Å². The Bertz CT molecular complexity index is 1500. The van der Waals surface area contributed by atoms with Crippen molar-refractivity contribution in [2.45, 2.75) is 19.3 Å². The lowest BCUT2D eigenvalue weighted by atomic mass is 9.82. The Kier molecular flexibility index (Phi) is 5.38. The smallest absolute Gasteiger partial charge is 0.0465 e. The summed E-state index contributed by atoms with van der Waals surface area (Å²) in [6, 6.07) is 45.7. The Morgan fingerprint density at radius 1 is 0.444 bits per heavy atom. The molecule has 1 aliphatic rings. The first-order chi connectivity index (χ1) is 17.5. The van der Waals surface area contributed by atoms with Gasteiger partial charge >= 0.3 is 0 Å². The summed E-state index contributed by atoms with van der Waals surface area (Å²) in [4.78, 5) is 4.57. The summed E-state index contributed by atoms with van der Waals surface area (Å²) in [5, 5.41) is 0. The highest BCUT2D eigenvalue weighted by Crippen LogP contribution is 2.50. The predicted molar refractivity (Wildman–Crippen MR) is 153 cm³/mol. The predicted octanol–water partition coefficient (Wildman–Crippen LogP) is 9.23. The van der Waals surface area contributed by atoms with Gasteiger partial charge in [0.25, 0.3) is 0 Å². The summed E-state index contributed by atoms with van der Waals surface area (Å²) >= 11 is 0. The van der Waals surface area contributed by atoms with E-state index >= 15 is 0 Å². The highest BCUT2D eigenvalue weighted by molar-refractivity contribution is 5.85. The van der Waals surface area contributed by atoms with Crippen molar-refractivity contribution in [2.75, 3.05) is 16.8 Å². The number of fused-ring (bicyclic) bond motifs is 3. The standard InChI is InChI=1S/C34H30N2/c1-34(2)32-17-11-10-16-30(32)31-23-22-29(24-33(31)34)36(27-14-8-5-9-15-27)28-20-18-26(19-21-28)35(3)25-12-6-4-7-13-25/h4-24H,1-3H3. The monoisotopic (exact) mass is 466 g/mol. The van der Waals surface area contributed by atoms with E-state index in [2.05, 4.69) is 158 Å². The lowest BCUT2D eigenvalue weighted by molar-refractivity contribution is 0.660. The van der Waals surface area contributed by atoms with Gasteiger partial charge in [0.05, 0.1) is 0 Å². The molecule has 0 unspecified atom stereocenters. The first kappa shape index (κ1) is 22.2. The normalized spacial score (nSPS) is 13.1. The summed E-state index contributed by atoms with van der Waals surface area (Å²) in [6.07, 6.45) is 0. The number of rotatable bonds is 5. The van der Waals surface area contributed by atoms with E-state index in [0.717, 1.165) is 17.1 Å². The molecule has 0 amide bonds. The summed E-state index contributed by atoms with van der Waals surface area (Å²) in [6.45, 7) is 4.67. The number of benzene rings is 5. The minimum absolute atomic E-state index is 0.0352. The maximum Gasteiger partial charge on any atom is 0.0465 e. The maximum atomic E-state index is 2.38. The number of hydrogen-bond donors (Lipinski definition) is 0. The fourth-order valence-electron chi connectivity index (χ4n) is 5.48. The van der Waals surface area contributed by atoms with Crippen molar-refractivity contribution in [3.8, 4) is 11.1 Å². The van der Waals surface area contributed by atoms with Crippen LogP contribution in [-0.4, -0.2) is 7.05 Å². The van der Waals surface area contributed by atoms with E-state index in [1.807, 2.05) is 0 Å². The lowest BCUT2D eigenvalue weighted by Crippen LogP contribution is -2.16. The molecular formula is C34H30N2. The molecule has 0 spiro atoms. The molecule has 176 valence electrons. The van der Waals surface area contributed by atoms with E-state index in [0.29, 0.717) is 0 Å². The number of hydrogen-bond acceptors (Lipinski definition) is 2. The molecule has 0 aromatic heterocycles. The molecule has 6 rings (SSSR count). The number of anilines is 5. The maximum absolute atomic E-state index is 2.38. The van der Waals surface area contributed by atoms with E-state index in [1.165, 1.54) is 33.6 Å². The van der Waals surface area contributed by atoms with E-state index in [9.17, 15) is 0 Å². The van der Waals surface area contributed by atoms with Crippen LogP contribution in [0.4, 0.5) is 28.4 Å². The van der Waals surface area contributed by atoms with Gasteiger partial charge < -0.3 is 9.80 Å². The van der Waals surface area contributed by atoms with E-state index in [1.54, 1.807) is 0 Å². The first-order valence-corrected chi connectivity index (χ1v) is 12.5.